The van der Waals surface area contributed by atoms with Gasteiger partial charge in [-0.3, -0.25) is 9.59 Å². The Labute approximate surface area is 148 Å². The second kappa shape index (κ2) is 7.04. The fourth-order valence-electron chi connectivity index (χ4n) is 3.18. The number of carbonyl (C=O) groups excluding carboxylic acids is 2. The number of fused-ring (bicyclic) bond motifs is 1. The highest BCUT2D eigenvalue weighted by Gasteiger charge is 2.37. The summed E-state index contributed by atoms with van der Waals surface area (Å²) in [7, 11) is 0. The second-order valence-electron chi connectivity index (χ2n) is 7.30. The molecule has 2 heterocycles. The molecule has 2 aliphatic heterocycles. The minimum atomic E-state index is -0.588. The van der Waals surface area contributed by atoms with Crippen molar-refractivity contribution in [1.29, 1.82) is 0 Å². The van der Waals surface area contributed by atoms with Gasteiger partial charge in [-0.15, -0.1) is 0 Å². The molecule has 0 saturated carbocycles. The van der Waals surface area contributed by atoms with E-state index in [0.29, 0.717) is 36.9 Å². The van der Waals surface area contributed by atoms with Gasteiger partial charge in [-0.2, -0.15) is 0 Å². The lowest BCUT2D eigenvalue weighted by molar-refractivity contribution is -0.127. The molecule has 0 bridgehead atoms. The summed E-state index contributed by atoms with van der Waals surface area (Å²) in [5, 5.41) is 2.90. The average Bonchev–Trinajstić information content (AvgIpc) is 3.10. The molecule has 0 unspecified atom stereocenters. The van der Waals surface area contributed by atoms with E-state index in [1.54, 1.807) is 11.0 Å². The molecule has 6 heteroatoms. The molecule has 136 valence electrons. The number of carbonyl (C=O) groups is 2. The van der Waals surface area contributed by atoms with Gasteiger partial charge in [-0.25, -0.2) is 0 Å². The third-order valence-electron chi connectivity index (χ3n) is 4.60. The third-order valence-corrected chi connectivity index (χ3v) is 4.60. The standard InChI is InChI=1S/C19H26N2O4/c1-4-9-21-14-11-13(20-17(22)16-6-5-10-24-16)7-8-15(14)25-12-19(2,3)18(21)23/h7-8,11,16H,4-6,9-10,12H2,1-3H3,(H,20,22)/t16-/m1/s1. The fraction of sp³-hybridized carbons (Fsp3) is 0.579. The Morgan fingerprint density at radius 1 is 1.40 bits per heavy atom. The number of anilines is 2. The quantitative estimate of drug-likeness (QED) is 0.910. The summed E-state index contributed by atoms with van der Waals surface area (Å²) in [6.07, 6.45) is 2.11. The van der Waals surface area contributed by atoms with Crippen LogP contribution in [0.5, 0.6) is 5.75 Å². The number of hydrogen-bond donors (Lipinski definition) is 1. The highest BCUT2D eigenvalue weighted by Crippen LogP contribution is 2.38. The number of amides is 2. The summed E-state index contributed by atoms with van der Waals surface area (Å²) in [5.74, 6) is 0.568. The molecule has 1 aromatic rings. The molecule has 1 saturated heterocycles. The first kappa shape index (κ1) is 17.7. The van der Waals surface area contributed by atoms with Gasteiger partial charge in [0.2, 0.25) is 5.91 Å². The average molecular weight is 346 g/mol. The summed E-state index contributed by atoms with van der Waals surface area (Å²) in [5.41, 5.74) is 0.772. The van der Waals surface area contributed by atoms with Crippen LogP contribution < -0.4 is 15.0 Å². The lowest BCUT2D eigenvalue weighted by atomic mass is 9.93. The monoisotopic (exact) mass is 346 g/mol. The van der Waals surface area contributed by atoms with Crippen LogP contribution in [0.25, 0.3) is 0 Å². The van der Waals surface area contributed by atoms with Gasteiger partial charge in [-0.1, -0.05) is 6.92 Å². The molecule has 3 rings (SSSR count). The van der Waals surface area contributed by atoms with E-state index in [-0.39, 0.29) is 17.9 Å². The van der Waals surface area contributed by atoms with Gasteiger partial charge in [0.05, 0.1) is 11.1 Å². The number of ether oxygens (including phenoxy) is 2. The van der Waals surface area contributed by atoms with Crippen molar-refractivity contribution >= 4 is 23.2 Å². The van der Waals surface area contributed by atoms with Gasteiger partial charge in [-0.05, 0) is 51.3 Å². The van der Waals surface area contributed by atoms with E-state index < -0.39 is 5.41 Å². The Morgan fingerprint density at radius 2 is 2.20 bits per heavy atom. The maximum Gasteiger partial charge on any atom is 0.253 e. The van der Waals surface area contributed by atoms with Crippen molar-refractivity contribution in [2.45, 2.75) is 46.1 Å². The van der Waals surface area contributed by atoms with Crippen LogP contribution in [0.2, 0.25) is 0 Å². The summed E-state index contributed by atoms with van der Waals surface area (Å²) in [6, 6.07) is 5.44. The second-order valence-corrected chi connectivity index (χ2v) is 7.30. The Balaban J connectivity index is 1.87. The van der Waals surface area contributed by atoms with Crippen molar-refractivity contribution in [3.63, 3.8) is 0 Å². The van der Waals surface area contributed by atoms with Crippen LogP contribution in [0.3, 0.4) is 0 Å². The van der Waals surface area contributed by atoms with Gasteiger partial charge in [0.15, 0.2) is 0 Å². The van der Waals surface area contributed by atoms with Crippen molar-refractivity contribution in [3.8, 4) is 5.75 Å². The van der Waals surface area contributed by atoms with Crippen molar-refractivity contribution in [2.75, 3.05) is 30.0 Å². The normalized spacial score (nSPS) is 22.1. The highest BCUT2D eigenvalue weighted by atomic mass is 16.5. The van der Waals surface area contributed by atoms with E-state index in [9.17, 15) is 9.59 Å². The van der Waals surface area contributed by atoms with Crippen molar-refractivity contribution in [2.24, 2.45) is 5.41 Å². The van der Waals surface area contributed by atoms with Crippen LogP contribution in [0.1, 0.15) is 40.0 Å². The van der Waals surface area contributed by atoms with E-state index in [2.05, 4.69) is 5.32 Å². The van der Waals surface area contributed by atoms with E-state index in [1.165, 1.54) is 0 Å². The fourth-order valence-corrected chi connectivity index (χ4v) is 3.18. The Hall–Kier alpha value is -2.08. The zero-order valence-corrected chi connectivity index (χ0v) is 15.1. The van der Waals surface area contributed by atoms with Crippen LogP contribution in [-0.2, 0) is 14.3 Å². The van der Waals surface area contributed by atoms with Gasteiger partial charge in [0.25, 0.3) is 5.91 Å². The summed E-state index contributed by atoms with van der Waals surface area (Å²) >= 11 is 0. The third kappa shape index (κ3) is 3.63. The minimum Gasteiger partial charge on any atom is -0.490 e. The lowest BCUT2D eigenvalue weighted by Gasteiger charge is -2.28. The Bertz CT molecular complexity index is 665. The molecular weight excluding hydrogens is 320 g/mol. The first-order chi connectivity index (χ1) is 11.9. The Kier molecular flexibility index (Phi) is 4.99. The molecule has 0 radical (unpaired) electrons. The molecule has 0 aromatic heterocycles. The first-order valence-corrected chi connectivity index (χ1v) is 8.93. The van der Waals surface area contributed by atoms with E-state index in [1.807, 2.05) is 32.9 Å². The first-order valence-electron chi connectivity index (χ1n) is 8.93. The molecule has 2 amide bonds. The van der Waals surface area contributed by atoms with E-state index >= 15 is 0 Å². The van der Waals surface area contributed by atoms with E-state index in [0.717, 1.165) is 19.3 Å². The van der Waals surface area contributed by atoms with Crippen molar-refractivity contribution in [1.82, 2.24) is 0 Å². The van der Waals surface area contributed by atoms with Crippen molar-refractivity contribution < 1.29 is 19.1 Å². The number of hydrogen-bond acceptors (Lipinski definition) is 4. The predicted molar refractivity (Wildman–Crippen MR) is 96.0 cm³/mol. The van der Waals surface area contributed by atoms with Crippen LogP contribution in [0.15, 0.2) is 18.2 Å². The molecule has 0 aliphatic carbocycles. The van der Waals surface area contributed by atoms with Gasteiger partial charge in [0.1, 0.15) is 18.5 Å². The smallest absolute Gasteiger partial charge is 0.253 e. The molecule has 6 nitrogen and oxygen atoms in total. The molecule has 0 spiro atoms. The molecule has 1 atom stereocenters. The van der Waals surface area contributed by atoms with Gasteiger partial charge < -0.3 is 19.7 Å². The van der Waals surface area contributed by atoms with Gasteiger partial charge in [0, 0.05) is 18.8 Å². The van der Waals surface area contributed by atoms with Crippen LogP contribution in [-0.4, -0.2) is 37.7 Å². The van der Waals surface area contributed by atoms with Crippen molar-refractivity contribution in [3.05, 3.63) is 18.2 Å². The molecule has 25 heavy (non-hydrogen) atoms. The van der Waals surface area contributed by atoms with Crippen LogP contribution >= 0.6 is 0 Å². The largest absolute Gasteiger partial charge is 0.490 e. The maximum absolute atomic E-state index is 12.9. The minimum absolute atomic E-state index is 0.0377. The van der Waals surface area contributed by atoms with E-state index in [4.69, 9.17) is 9.47 Å². The number of nitrogens with zero attached hydrogens (tertiary/aromatic N) is 1. The SMILES string of the molecule is CCCN1C(=O)C(C)(C)COc2ccc(NC(=O)[C@H]3CCCO3)cc21. The topological polar surface area (TPSA) is 67.9 Å². The maximum atomic E-state index is 12.9. The zero-order chi connectivity index (χ0) is 18.0. The molecule has 1 N–H and O–H groups in total. The summed E-state index contributed by atoms with van der Waals surface area (Å²) in [4.78, 5) is 26.9. The van der Waals surface area contributed by atoms with Crippen LogP contribution in [0, 0.1) is 5.41 Å². The molecular formula is C19H26N2O4. The highest BCUT2D eigenvalue weighted by molar-refractivity contribution is 6.01. The summed E-state index contributed by atoms with van der Waals surface area (Å²) in [6.45, 7) is 7.40. The number of rotatable bonds is 4. The number of nitrogens with one attached hydrogen (secondary N) is 1. The zero-order valence-electron chi connectivity index (χ0n) is 15.1. The lowest BCUT2D eigenvalue weighted by Crippen LogP contribution is -2.42. The number of benzene rings is 1. The molecule has 1 aromatic carbocycles. The molecule has 1 fully saturated rings. The predicted octanol–water partition coefficient (Wildman–Crippen LogP) is 2.97. The van der Waals surface area contributed by atoms with Gasteiger partial charge >= 0.3 is 0 Å². The molecule has 2 aliphatic rings. The summed E-state index contributed by atoms with van der Waals surface area (Å²) < 4.78 is 11.3. The van der Waals surface area contributed by atoms with Crippen LogP contribution in [0.4, 0.5) is 11.4 Å². The Morgan fingerprint density at radius 3 is 2.88 bits per heavy atom.